The van der Waals surface area contributed by atoms with Crippen LogP contribution in [0.1, 0.15) is 23.0 Å². The van der Waals surface area contributed by atoms with Crippen molar-refractivity contribution in [2.24, 2.45) is 10.8 Å². The van der Waals surface area contributed by atoms with Crippen LogP contribution in [0.4, 0.5) is 0 Å². The molecule has 0 unspecified atom stereocenters. The van der Waals surface area contributed by atoms with Crippen LogP contribution in [0.15, 0.2) is 72.1 Å². The molecule has 12 nitrogen and oxygen atoms in total. The van der Waals surface area contributed by atoms with Gasteiger partial charge >= 0.3 is 23.9 Å². The summed E-state index contributed by atoms with van der Waals surface area (Å²) in [6.07, 6.45) is 2.91. The second-order valence-electron chi connectivity index (χ2n) is 10.6. The number of carbonyl (C=O) groups is 4. The Morgan fingerprint density at radius 1 is 0.545 bits per heavy atom. The molecule has 2 N–H and O–H groups in total. The topological polar surface area (TPSA) is 148 Å². The SMILES string of the molecule is COC(=O)C1=CNC2C(C(=O)OC)(C1c1ccc(OC)cc1)C1NC=C(C(=O)OC)C(c3ccc(OC)cc3)C21C(=O)OC. The van der Waals surface area contributed by atoms with Crippen molar-refractivity contribution in [3.63, 3.8) is 0 Å². The Hall–Kier alpha value is -5.00. The van der Waals surface area contributed by atoms with Gasteiger partial charge in [-0.25, -0.2) is 9.59 Å². The molecule has 1 fully saturated rings. The van der Waals surface area contributed by atoms with E-state index in [-0.39, 0.29) is 11.1 Å². The van der Waals surface area contributed by atoms with Crippen LogP contribution in [0.5, 0.6) is 11.5 Å². The third-order valence-electron chi connectivity index (χ3n) is 9.12. The van der Waals surface area contributed by atoms with Gasteiger partial charge < -0.3 is 39.1 Å². The van der Waals surface area contributed by atoms with Gasteiger partial charge in [0.25, 0.3) is 0 Å². The molecule has 0 saturated heterocycles. The number of esters is 4. The lowest BCUT2D eigenvalue weighted by molar-refractivity contribution is -0.212. The molecule has 1 aliphatic carbocycles. The lowest BCUT2D eigenvalue weighted by Gasteiger charge is -2.71. The first-order valence-electron chi connectivity index (χ1n) is 13.8. The van der Waals surface area contributed by atoms with Crippen molar-refractivity contribution in [3.8, 4) is 11.5 Å². The van der Waals surface area contributed by atoms with E-state index in [0.717, 1.165) is 0 Å². The van der Waals surface area contributed by atoms with E-state index in [9.17, 15) is 19.2 Å². The summed E-state index contributed by atoms with van der Waals surface area (Å²) in [6.45, 7) is 0. The van der Waals surface area contributed by atoms with Gasteiger partial charge in [-0.2, -0.15) is 0 Å². The minimum atomic E-state index is -1.61. The maximum atomic E-state index is 14.2. The van der Waals surface area contributed by atoms with Crippen LogP contribution in [0.3, 0.4) is 0 Å². The summed E-state index contributed by atoms with van der Waals surface area (Å²) in [5, 5.41) is 6.37. The highest BCUT2D eigenvalue weighted by Crippen LogP contribution is 2.71. The first kappa shape index (κ1) is 30.5. The number of nitrogens with one attached hydrogen (secondary N) is 2. The quantitative estimate of drug-likeness (QED) is 0.334. The molecule has 0 atom stereocenters. The normalized spacial score (nSPS) is 28.0. The van der Waals surface area contributed by atoms with Crippen molar-refractivity contribution >= 4 is 23.9 Å². The zero-order valence-electron chi connectivity index (χ0n) is 25.2. The van der Waals surface area contributed by atoms with E-state index in [0.29, 0.717) is 22.6 Å². The number of benzene rings is 2. The van der Waals surface area contributed by atoms with E-state index in [4.69, 9.17) is 28.4 Å². The zero-order chi connectivity index (χ0) is 31.8. The molecule has 2 heterocycles. The molecule has 5 rings (SSSR count). The fourth-order valence-electron chi connectivity index (χ4n) is 7.43. The summed E-state index contributed by atoms with van der Waals surface area (Å²) < 4.78 is 31.8. The monoisotopic (exact) mass is 606 g/mol. The molecule has 2 aromatic carbocycles. The smallest absolute Gasteiger partial charge is 0.335 e. The van der Waals surface area contributed by atoms with Crippen LogP contribution >= 0.6 is 0 Å². The van der Waals surface area contributed by atoms with Crippen molar-refractivity contribution in [1.82, 2.24) is 10.6 Å². The molecule has 0 bridgehead atoms. The summed E-state index contributed by atoms with van der Waals surface area (Å²) >= 11 is 0. The lowest BCUT2D eigenvalue weighted by atomic mass is 9.34. The highest BCUT2D eigenvalue weighted by Gasteiger charge is 2.85. The van der Waals surface area contributed by atoms with E-state index in [1.54, 1.807) is 48.5 Å². The van der Waals surface area contributed by atoms with Crippen molar-refractivity contribution in [2.75, 3.05) is 42.7 Å². The Morgan fingerprint density at radius 3 is 1.16 bits per heavy atom. The Kier molecular flexibility index (Phi) is 8.02. The number of fused-ring (bicyclic) bond motifs is 4. The molecular formula is C32H34N2O10. The Labute approximate surface area is 254 Å². The van der Waals surface area contributed by atoms with Crippen molar-refractivity contribution in [2.45, 2.75) is 23.9 Å². The van der Waals surface area contributed by atoms with Gasteiger partial charge in [-0.1, -0.05) is 24.3 Å². The van der Waals surface area contributed by atoms with Gasteiger partial charge in [0.05, 0.1) is 65.9 Å². The van der Waals surface area contributed by atoms with E-state index in [2.05, 4.69) is 10.6 Å². The summed E-state index contributed by atoms with van der Waals surface area (Å²) in [5.74, 6) is -3.52. The lowest BCUT2D eigenvalue weighted by Crippen LogP contribution is -2.88. The minimum Gasteiger partial charge on any atom is -0.497 e. The average Bonchev–Trinajstić information content (AvgIpc) is 3.07. The van der Waals surface area contributed by atoms with E-state index < -0.39 is 58.6 Å². The highest BCUT2D eigenvalue weighted by atomic mass is 16.5. The van der Waals surface area contributed by atoms with Crippen LogP contribution < -0.4 is 20.1 Å². The van der Waals surface area contributed by atoms with Gasteiger partial charge in [0.1, 0.15) is 22.3 Å². The van der Waals surface area contributed by atoms with Gasteiger partial charge in [-0.05, 0) is 35.4 Å². The first-order chi connectivity index (χ1) is 21.2. The number of hydrogen-bond donors (Lipinski definition) is 2. The Morgan fingerprint density at radius 2 is 0.886 bits per heavy atom. The van der Waals surface area contributed by atoms with E-state index in [1.165, 1.54) is 55.1 Å². The molecule has 12 heteroatoms. The van der Waals surface area contributed by atoms with Crippen LogP contribution in [-0.4, -0.2) is 78.6 Å². The Bertz CT molecular complexity index is 1410. The Balaban J connectivity index is 1.83. The number of rotatable bonds is 8. The second-order valence-corrected chi connectivity index (χ2v) is 10.6. The summed E-state index contributed by atoms with van der Waals surface area (Å²) in [5.41, 5.74) is -1.80. The van der Waals surface area contributed by atoms with Crippen molar-refractivity contribution in [3.05, 3.63) is 83.2 Å². The van der Waals surface area contributed by atoms with Gasteiger partial charge in [0, 0.05) is 24.2 Å². The standard InChI is InChI=1S/C32H34N2O10/c1-39-19-11-7-17(8-12-19)23-21(25(35)41-3)15-33-27-31(23,29(37)43-5)28-32(27,30(38)44-6)24(22(16-34-28)26(36)42-4)18-9-13-20(40-2)14-10-18/h7-16,23-24,27-28,33-34H,1-6H3. The predicted molar refractivity (Wildman–Crippen MR) is 154 cm³/mol. The maximum absolute atomic E-state index is 14.2. The molecule has 0 aromatic heterocycles. The van der Waals surface area contributed by atoms with Crippen LogP contribution in [-0.2, 0) is 38.1 Å². The number of carbonyl (C=O) groups excluding carboxylic acids is 4. The van der Waals surface area contributed by atoms with E-state index >= 15 is 0 Å². The van der Waals surface area contributed by atoms with Crippen LogP contribution in [0, 0.1) is 10.8 Å². The van der Waals surface area contributed by atoms with Crippen LogP contribution in [0.2, 0.25) is 0 Å². The zero-order valence-corrected chi connectivity index (χ0v) is 25.2. The van der Waals surface area contributed by atoms with Gasteiger partial charge in [-0.3, -0.25) is 9.59 Å². The average molecular weight is 607 g/mol. The third kappa shape index (κ3) is 4.04. The number of methoxy groups -OCH3 is 6. The van der Waals surface area contributed by atoms with Crippen molar-refractivity contribution < 1.29 is 47.6 Å². The van der Waals surface area contributed by atoms with Gasteiger partial charge in [-0.15, -0.1) is 0 Å². The minimum absolute atomic E-state index is 0.142. The summed E-state index contributed by atoms with van der Waals surface area (Å²) in [7, 11) is 8.03. The summed E-state index contributed by atoms with van der Waals surface area (Å²) in [4.78, 5) is 55.0. The number of ether oxygens (including phenoxy) is 6. The first-order valence-corrected chi connectivity index (χ1v) is 13.8. The largest absolute Gasteiger partial charge is 0.497 e. The highest BCUT2D eigenvalue weighted by molar-refractivity contribution is 6.00. The van der Waals surface area contributed by atoms with Crippen LogP contribution in [0.25, 0.3) is 0 Å². The van der Waals surface area contributed by atoms with Gasteiger partial charge in [0.15, 0.2) is 0 Å². The fraction of sp³-hybridized carbons (Fsp3) is 0.375. The third-order valence-corrected chi connectivity index (χ3v) is 9.12. The second kappa shape index (κ2) is 11.6. The molecule has 1 saturated carbocycles. The van der Waals surface area contributed by atoms with E-state index in [1.807, 2.05) is 0 Å². The predicted octanol–water partition coefficient (Wildman–Crippen LogP) is 1.96. The molecule has 2 aromatic rings. The summed E-state index contributed by atoms with van der Waals surface area (Å²) in [6, 6.07) is 11.7. The maximum Gasteiger partial charge on any atom is 0.335 e. The number of hydrogen-bond acceptors (Lipinski definition) is 12. The molecule has 3 aliphatic rings. The molecule has 0 spiro atoms. The molecule has 0 radical (unpaired) electrons. The molecule has 2 aliphatic heterocycles. The van der Waals surface area contributed by atoms with Gasteiger partial charge in [0.2, 0.25) is 0 Å². The molecule has 0 amide bonds. The molecule has 44 heavy (non-hydrogen) atoms. The molecular weight excluding hydrogens is 572 g/mol. The van der Waals surface area contributed by atoms with Crippen molar-refractivity contribution in [1.29, 1.82) is 0 Å². The molecule has 232 valence electrons. The fourth-order valence-corrected chi connectivity index (χ4v) is 7.43.